The average Bonchev–Trinajstić information content (AvgIpc) is 2.35. The van der Waals surface area contributed by atoms with E-state index in [0.29, 0.717) is 12.5 Å². The van der Waals surface area contributed by atoms with Gasteiger partial charge >= 0.3 is 6.09 Å². The van der Waals surface area contributed by atoms with Crippen LogP contribution >= 0.6 is 0 Å². The second-order valence-corrected chi connectivity index (χ2v) is 6.60. The Morgan fingerprint density at radius 2 is 2.00 bits per heavy atom. The molecule has 1 atom stereocenters. The number of hydrogen-bond acceptors (Lipinski definition) is 4. The summed E-state index contributed by atoms with van der Waals surface area (Å²) in [6, 6.07) is 0.199. The number of nitrogens with zero attached hydrogens (tertiary/aromatic N) is 2. The molecule has 5 heteroatoms. The average molecular weight is 270 g/mol. The highest BCUT2D eigenvalue weighted by atomic mass is 16.6. The van der Waals surface area contributed by atoms with Crippen LogP contribution in [-0.4, -0.2) is 65.4 Å². The first-order valence-corrected chi connectivity index (χ1v) is 7.23. The number of ether oxygens (including phenoxy) is 1. The Hall–Kier alpha value is -0.810. The van der Waals surface area contributed by atoms with Gasteiger partial charge in [0.15, 0.2) is 0 Å². The van der Waals surface area contributed by atoms with E-state index in [2.05, 4.69) is 4.90 Å². The minimum atomic E-state index is -0.487. The highest BCUT2D eigenvalue weighted by Gasteiger charge is 2.40. The quantitative estimate of drug-likeness (QED) is 0.840. The topological polar surface area (TPSA) is 53.0 Å². The molecule has 1 amide bonds. The van der Waals surface area contributed by atoms with Gasteiger partial charge in [-0.25, -0.2) is 4.79 Å². The van der Waals surface area contributed by atoms with Crippen molar-refractivity contribution in [2.45, 2.75) is 45.3 Å². The SMILES string of the molecule is CC(C)(C)OC(=O)N(CCO)C1CN2CCC1CC2. The molecule has 3 aliphatic heterocycles. The smallest absolute Gasteiger partial charge is 0.410 e. The number of amides is 1. The number of piperidine rings is 3. The zero-order valence-electron chi connectivity index (χ0n) is 12.3. The van der Waals surface area contributed by atoms with Crippen molar-refractivity contribution < 1.29 is 14.6 Å². The molecule has 3 aliphatic rings. The van der Waals surface area contributed by atoms with E-state index in [1.54, 1.807) is 4.90 Å². The van der Waals surface area contributed by atoms with Crippen molar-refractivity contribution in [3.63, 3.8) is 0 Å². The Kier molecular flexibility index (Phi) is 4.36. The third kappa shape index (κ3) is 3.60. The third-order valence-electron chi connectivity index (χ3n) is 3.99. The highest BCUT2D eigenvalue weighted by Crippen LogP contribution is 2.31. The fraction of sp³-hybridized carbons (Fsp3) is 0.929. The van der Waals surface area contributed by atoms with Crippen LogP contribution in [0.1, 0.15) is 33.6 Å². The van der Waals surface area contributed by atoms with E-state index >= 15 is 0 Å². The van der Waals surface area contributed by atoms with Crippen LogP contribution in [0.2, 0.25) is 0 Å². The Labute approximate surface area is 115 Å². The predicted octanol–water partition coefficient (Wildman–Crippen LogP) is 1.31. The molecule has 110 valence electrons. The van der Waals surface area contributed by atoms with Crippen LogP contribution < -0.4 is 0 Å². The summed E-state index contributed by atoms with van der Waals surface area (Å²) >= 11 is 0. The Morgan fingerprint density at radius 1 is 1.37 bits per heavy atom. The molecule has 3 heterocycles. The molecule has 0 aromatic carbocycles. The van der Waals surface area contributed by atoms with Gasteiger partial charge in [0.1, 0.15) is 5.60 Å². The molecule has 0 aromatic rings. The van der Waals surface area contributed by atoms with Crippen molar-refractivity contribution in [2.75, 3.05) is 32.8 Å². The van der Waals surface area contributed by atoms with E-state index in [9.17, 15) is 9.90 Å². The number of carbonyl (C=O) groups is 1. The molecule has 3 saturated heterocycles. The monoisotopic (exact) mass is 270 g/mol. The van der Waals surface area contributed by atoms with Crippen molar-refractivity contribution in [1.29, 1.82) is 0 Å². The summed E-state index contributed by atoms with van der Waals surface area (Å²) in [7, 11) is 0. The maximum absolute atomic E-state index is 12.3. The number of aliphatic hydroxyl groups excluding tert-OH is 1. The van der Waals surface area contributed by atoms with Crippen molar-refractivity contribution >= 4 is 6.09 Å². The van der Waals surface area contributed by atoms with E-state index in [0.717, 1.165) is 32.5 Å². The maximum atomic E-state index is 12.3. The molecule has 3 fully saturated rings. The maximum Gasteiger partial charge on any atom is 0.410 e. The lowest BCUT2D eigenvalue weighted by Gasteiger charge is -2.48. The van der Waals surface area contributed by atoms with E-state index in [1.807, 2.05) is 20.8 Å². The van der Waals surface area contributed by atoms with Gasteiger partial charge in [-0.1, -0.05) is 0 Å². The van der Waals surface area contributed by atoms with Crippen LogP contribution in [0.25, 0.3) is 0 Å². The zero-order chi connectivity index (χ0) is 14.0. The summed E-state index contributed by atoms with van der Waals surface area (Å²) in [5.41, 5.74) is -0.487. The fourth-order valence-corrected chi connectivity index (χ4v) is 3.11. The largest absolute Gasteiger partial charge is 0.444 e. The van der Waals surface area contributed by atoms with Crippen LogP contribution in [0.3, 0.4) is 0 Å². The number of hydrogen-bond donors (Lipinski definition) is 1. The molecule has 19 heavy (non-hydrogen) atoms. The lowest BCUT2D eigenvalue weighted by Crippen LogP contribution is -2.59. The van der Waals surface area contributed by atoms with Gasteiger partial charge in [-0.2, -0.15) is 0 Å². The van der Waals surface area contributed by atoms with Crippen LogP contribution in [0.5, 0.6) is 0 Å². The number of carbonyl (C=O) groups excluding carboxylic acids is 1. The van der Waals surface area contributed by atoms with Gasteiger partial charge in [-0.15, -0.1) is 0 Å². The number of rotatable bonds is 3. The standard InChI is InChI=1S/C14H26N2O3/c1-14(2,3)19-13(18)16(8-9-17)12-10-15-6-4-11(12)5-7-15/h11-12,17H,4-10H2,1-3H3. The Bertz CT molecular complexity index is 319. The lowest BCUT2D eigenvalue weighted by atomic mass is 9.83. The molecule has 1 N–H and O–H groups in total. The summed E-state index contributed by atoms with van der Waals surface area (Å²) in [6.07, 6.45) is 2.01. The molecule has 3 rings (SSSR count). The third-order valence-corrected chi connectivity index (χ3v) is 3.99. The van der Waals surface area contributed by atoms with Gasteiger partial charge in [0.2, 0.25) is 0 Å². The summed E-state index contributed by atoms with van der Waals surface area (Å²) in [5.74, 6) is 0.559. The fourth-order valence-electron chi connectivity index (χ4n) is 3.11. The summed E-state index contributed by atoms with van der Waals surface area (Å²) in [6.45, 7) is 9.18. The van der Waals surface area contributed by atoms with Gasteiger partial charge in [0.25, 0.3) is 0 Å². The second-order valence-electron chi connectivity index (χ2n) is 6.60. The van der Waals surface area contributed by atoms with Gasteiger partial charge in [-0.3, -0.25) is 0 Å². The number of aliphatic hydroxyl groups is 1. The lowest BCUT2D eigenvalue weighted by molar-refractivity contribution is -0.0271. The minimum Gasteiger partial charge on any atom is -0.444 e. The first-order chi connectivity index (χ1) is 8.90. The highest BCUT2D eigenvalue weighted by molar-refractivity contribution is 5.68. The molecule has 5 nitrogen and oxygen atoms in total. The number of fused-ring (bicyclic) bond motifs is 3. The van der Waals surface area contributed by atoms with Crippen LogP contribution in [0, 0.1) is 5.92 Å². The van der Waals surface area contributed by atoms with Gasteiger partial charge in [0.05, 0.1) is 12.6 Å². The van der Waals surface area contributed by atoms with Gasteiger partial charge < -0.3 is 19.6 Å². The van der Waals surface area contributed by atoms with Crippen LogP contribution in [0.4, 0.5) is 4.79 Å². The van der Waals surface area contributed by atoms with Crippen molar-refractivity contribution in [1.82, 2.24) is 9.80 Å². The molecule has 1 unspecified atom stereocenters. The van der Waals surface area contributed by atoms with E-state index < -0.39 is 5.60 Å². The van der Waals surface area contributed by atoms with E-state index in [1.165, 1.54) is 0 Å². The van der Waals surface area contributed by atoms with Gasteiger partial charge in [0, 0.05) is 13.1 Å². The zero-order valence-corrected chi connectivity index (χ0v) is 12.3. The second kappa shape index (κ2) is 5.67. The molecule has 0 aliphatic carbocycles. The molecule has 2 bridgehead atoms. The molecular formula is C14H26N2O3. The first kappa shape index (κ1) is 14.6. The predicted molar refractivity (Wildman–Crippen MR) is 73.0 cm³/mol. The molecule has 0 saturated carbocycles. The molecular weight excluding hydrogens is 244 g/mol. The summed E-state index contributed by atoms with van der Waals surface area (Å²) in [4.78, 5) is 16.4. The minimum absolute atomic E-state index is 0.0114. The van der Waals surface area contributed by atoms with Crippen molar-refractivity contribution in [2.24, 2.45) is 5.92 Å². The van der Waals surface area contributed by atoms with Crippen molar-refractivity contribution in [3.8, 4) is 0 Å². The summed E-state index contributed by atoms with van der Waals surface area (Å²) in [5, 5.41) is 9.22. The van der Waals surface area contributed by atoms with Gasteiger partial charge in [-0.05, 0) is 52.6 Å². The normalized spacial score (nSPS) is 30.2. The van der Waals surface area contributed by atoms with E-state index in [4.69, 9.17) is 4.74 Å². The Balaban J connectivity index is 2.05. The van der Waals surface area contributed by atoms with Crippen molar-refractivity contribution in [3.05, 3.63) is 0 Å². The molecule has 0 spiro atoms. The first-order valence-electron chi connectivity index (χ1n) is 7.23. The molecule has 0 aromatic heterocycles. The molecule has 0 radical (unpaired) electrons. The van der Waals surface area contributed by atoms with Crippen LogP contribution in [-0.2, 0) is 4.74 Å². The van der Waals surface area contributed by atoms with Crippen LogP contribution in [0.15, 0.2) is 0 Å². The van der Waals surface area contributed by atoms with E-state index in [-0.39, 0.29) is 18.7 Å². The Morgan fingerprint density at radius 3 is 2.42 bits per heavy atom. The summed E-state index contributed by atoms with van der Waals surface area (Å²) < 4.78 is 5.47.